The molecule has 0 saturated carbocycles. The van der Waals surface area contributed by atoms with Crippen LogP contribution in [0.25, 0.3) is 5.76 Å². The van der Waals surface area contributed by atoms with Gasteiger partial charge in [0, 0.05) is 18.7 Å². The second kappa shape index (κ2) is 6.14. The van der Waals surface area contributed by atoms with E-state index in [1.54, 1.807) is 12.1 Å². The Balaban J connectivity index is 2.16. The minimum atomic E-state index is -4.10. The van der Waals surface area contributed by atoms with Crippen molar-refractivity contribution in [3.8, 4) is 6.07 Å². The largest absolute Gasteiger partial charge is 0.505 e. The van der Waals surface area contributed by atoms with Crippen LogP contribution in [0.1, 0.15) is 5.56 Å². The highest BCUT2D eigenvalue weighted by molar-refractivity contribution is 7.89. The monoisotopic (exact) mass is 349 g/mol. The molecule has 9 heteroatoms. The number of benzene rings is 1. The van der Waals surface area contributed by atoms with Crippen LogP contribution in [0, 0.1) is 11.3 Å². The Morgan fingerprint density at radius 2 is 1.96 bits per heavy atom. The Morgan fingerprint density at radius 3 is 2.62 bits per heavy atom. The van der Waals surface area contributed by atoms with E-state index >= 15 is 0 Å². The predicted molar refractivity (Wildman–Crippen MR) is 82.9 cm³/mol. The summed E-state index contributed by atoms with van der Waals surface area (Å²) in [5, 5.41) is 19.5. The molecule has 2 heterocycles. The average Bonchev–Trinajstić information content (AvgIpc) is 2.60. The number of aliphatic hydroxyl groups is 1. The third-order valence-electron chi connectivity index (χ3n) is 3.90. The zero-order valence-corrected chi connectivity index (χ0v) is 13.5. The first-order chi connectivity index (χ1) is 11.5. The molecule has 1 amide bonds. The molecule has 1 aromatic rings. The van der Waals surface area contributed by atoms with Crippen molar-refractivity contribution in [3.05, 3.63) is 35.5 Å². The van der Waals surface area contributed by atoms with E-state index in [9.17, 15) is 18.3 Å². The molecule has 0 atom stereocenters. The van der Waals surface area contributed by atoms with Crippen molar-refractivity contribution in [1.29, 1.82) is 5.26 Å². The fourth-order valence-corrected chi connectivity index (χ4v) is 4.29. The summed E-state index contributed by atoms with van der Waals surface area (Å²) < 4.78 is 31.4. The molecule has 0 radical (unpaired) electrons. The van der Waals surface area contributed by atoms with Gasteiger partial charge in [-0.1, -0.05) is 12.1 Å². The van der Waals surface area contributed by atoms with Gasteiger partial charge in [0.25, 0.3) is 15.9 Å². The summed E-state index contributed by atoms with van der Waals surface area (Å²) in [7, 11) is -4.10. The molecule has 2 aliphatic rings. The molecule has 0 unspecified atom stereocenters. The van der Waals surface area contributed by atoms with Crippen molar-refractivity contribution in [2.24, 2.45) is 0 Å². The molecule has 1 aromatic carbocycles. The number of ether oxygens (including phenoxy) is 1. The van der Waals surface area contributed by atoms with Crippen molar-refractivity contribution in [3.63, 3.8) is 0 Å². The third-order valence-corrected chi connectivity index (χ3v) is 5.70. The standard InChI is InChI=1S/C15H15N3O5S/c16-5-6-18-13(15(20)17-7-9-23-10-8-17)14(19)11-3-1-2-4-12(11)24(18,21)22/h1-4,19H,6-10H2. The molecule has 2 aliphatic heterocycles. The van der Waals surface area contributed by atoms with Gasteiger partial charge in [0.2, 0.25) is 0 Å². The zero-order valence-electron chi connectivity index (χ0n) is 12.7. The van der Waals surface area contributed by atoms with Gasteiger partial charge >= 0.3 is 0 Å². The van der Waals surface area contributed by atoms with Gasteiger partial charge in [0.15, 0.2) is 11.5 Å². The fourth-order valence-electron chi connectivity index (χ4n) is 2.72. The third kappa shape index (κ3) is 2.50. The van der Waals surface area contributed by atoms with E-state index in [-0.39, 0.29) is 23.5 Å². The van der Waals surface area contributed by atoms with E-state index in [4.69, 9.17) is 10.00 Å². The predicted octanol–water partition coefficient (Wildman–Crippen LogP) is 0.300. The van der Waals surface area contributed by atoms with Crippen molar-refractivity contribution in [2.75, 3.05) is 32.8 Å². The maximum Gasteiger partial charge on any atom is 0.275 e. The maximum atomic E-state index is 12.8. The topological polar surface area (TPSA) is 111 Å². The molecule has 0 bridgehead atoms. The Morgan fingerprint density at radius 1 is 1.29 bits per heavy atom. The lowest BCUT2D eigenvalue weighted by atomic mass is 10.1. The summed E-state index contributed by atoms with van der Waals surface area (Å²) >= 11 is 0. The molecule has 0 aromatic heterocycles. The smallest absolute Gasteiger partial charge is 0.275 e. The number of rotatable bonds is 2. The van der Waals surface area contributed by atoms with Crippen LogP contribution in [-0.2, 0) is 19.6 Å². The molecule has 1 N–H and O–H groups in total. The van der Waals surface area contributed by atoms with E-state index in [1.165, 1.54) is 23.1 Å². The minimum absolute atomic E-state index is 0.0586. The highest BCUT2D eigenvalue weighted by Gasteiger charge is 2.41. The van der Waals surface area contributed by atoms with Gasteiger partial charge in [-0.05, 0) is 12.1 Å². The number of carbonyl (C=O) groups is 1. The normalized spacial score (nSPS) is 19.6. The molecule has 8 nitrogen and oxygen atoms in total. The van der Waals surface area contributed by atoms with Gasteiger partial charge in [0.1, 0.15) is 6.54 Å². The van der Waals surface area contributed by atoms with Crippen LogP contribution in [0.3, 0.4) is 0 Å². The number of morpholine rings is 1. The Labute approximate surface area is 139 Å². The lowest BCUT2D eigenvalue weighted by Gasteiger charge is -2.34. The van der Waals surface area contributed by atoms with E-state index < -0.39 is 33.9 Å². The number of nitrogens with zero attached hydrogens (tertiary/aromatic N) is 3. The molecular weight excluding hydrogens is 334 g/mol. The Kier molecular flexibility index (Phi) is 4.17. The van der Waals surface area contributed by atoms with E-state index in [0.717, 1.165) is 0 Å². The molecule has 0 aliphatic carbocycles. The van der Waals surface area contributed by atoms with Crippen LogP contribution in [0.2, 0.25) is 0 Å². The quantitative estimate of drug-likeness (QED) is 0.769. The number of hydrogen-bond acceptors (Lipinski definition) is 6. The first kappa shape index (κ1) is 16.3. The highest BCUT2D eigenvalue weighted by Crippen LogP contribution is 2.35. The molecule has 3 rings (SSSR count). The molecule has 24 heavy (non-hydrogen) atoms. The Bertz CT molecular complexity index is 850. The van der Waals surface area contributed by atoms with Crippen LogP contribution >= 0.6 is 0 Å². The molecule has 0 spiro atoms. The highest BCUT2D eigenvalue weighted by atomic mass is 32.2. The van der Waals surface area contributed by atoms with Gasteiger partial charge in [-0.25, -0.2) is 12.7 Å². The maximum absolute atomic E-state index is 12.8. The summed E-state index contributed by atoms with van der Waals surface area (Å²) in [4.78, 5) is 14.1. The summed E-state index contributed by atoms with van der Waals surface area (Å²) in [6.07, 6.45) is 0. The lowest BCUT2D eigenvalue weighted by molar-refractivity contribution is -0.132. The van der Waals surface area contributed by atoms with Gasteiger partial charge in [-0.15, -0.1) is 0 Å². The van der Waals surface area contributed by atoms with Crippen LogP contribution in [0.4, 0.5) is 0 Å². The summed E-state index contributed by atoms with van der Waals surface area (Å²) in [6, 6.07) is 7.59. The van der Waals surface area contributed by atoms with Crippen LogP contribution in [-0.4, -0.2) is 61.5 Å². The van der Waals surface area contributed by atoms with Crippen LogP contribution in [0.15, 0.2) is 34.9 Å². The molecular formula is C15H15N3O5S. The molecule has 1 saturated heterocycles. The number of hydrogen-bond donors (Lipinski definition) is 1. The summed E-state index contributed by atoms with van der Waals surface area (Å²) in [6.45, 7) is 0.685. The number of aliphatic hydroxyl groups excluding tert-OH is 1. The number of fused-ring (bicyclic) bond motifs is 1. The van der Waals surface area contributed by atoms with Crippen molar-refractivity contribution < 1.29 is 23.1 Å². The lowest BCUT2D eigenvalue weighted by Crippen LogP contribution is -2.47. The number of amides is 1. The van der Waals surface area contributed by atoms with Gasteiger partial charge < -0.3 is 14.7 Å². The molecule has 126 valence electrons. The van der Waals surface area contributed by atoms with E-state index in [2.05, 4.69) is 0 Å². The second-order valence-corrected chi connectivity index (χ2v) is 7.10. The second-order valence-electron chi connectivity index (χ2n) is 5.27. The fraction of sp³-hybridized carbons (Fsp3) is 0.333. The van der Waals surface area contributed by atoms with E-state index in [1.807, 2.05) is 0 Å². The summed E-state index contributed by atoms with van der Waals surface area (Å²) in [5.41, 5.74) is -0.333. The van der Waals surface area contributed by atoms with Gasteiger partial charge in [-0.2, -0.15) is 5.26 Å². The van der Waals surface area contributed by atoms with Gasteiger partial charge in [-0.3, -0.25) is 4.79 Å². The molecule has 1 fully saturated rings. The SMILES string of the molecule is N#CCN1C(C(=O)N2CCOCC2)=C(O)c2ccccc2S1(=O)=O. The number of nitriles is 1. The van der Waals surface area contributed by atoms with Crippen molar-refractivity contribution >= 4 is 21.7 Å². The van der Waals surface area contributed by atoms with Crippen molar-refractivity contribution in [2.45, 2.75) is 4.90 Å². The number of sulfonamides is 1. The van der Waals surface area contributed by atoms with Gasteiger partial charge in [0.05, 0.1) is 24.2 Å². The first-order valence-corrected chi connectivity index (χ1v) is 8.72. The minimum Gasteiger partial charge on any atom is -0.505 e. The number of carbonyl (C=O) groups excluding carboxylic acids is 1. The first-order valence-electron chi connectivity index (χ1n) is 7.28. The zero-order chi connectivity index (χ0) is 17.3. The average molecular weight is 349 g/mol. The van der Waals surface area contributed by atoms with Crippen molar-refractivity contribution in [1.82, 2.24) is 9.21 Å². The Hall–Kier alpha value is -2.57. The summed E-state index contributed by atoms with van der Waals surface area (Å²) in [5.74, 6) is -1.07. The van der Waals surface area contributed by atoms with E-state index in [0.29, 0.717) is 17.5 Å². The van der Waals surface area contributed by atoms with Crippen LogP contribution < -0.4 is 0 Å². The van der Waals surface area contributed by atoms with Crippen LogP contribution in [0.5, 0.6) is 0 Å².